The number of likely N-dealkylation sites (tertiary alicyclic amines) is 1. The van der Waals surface area contributed by atoms with Crippen LogP contribution in [0.25, 0.3) is 0 Å². The SMILES string of the molecule is C[C@H](NC(=O)C1CCCCN1Cc1ccccc1)C(=O)O. The van der Waals surface area contributed by atoms with Gasteiger partial charge in [-0.1, -0.05) is 36.8 Å². The molecule has 0 spiro atoms. The van der Waals surface area contributed by atoms with Crippen molar-refractivity contribution >= 4 is 11.9 Å². The van der Waals surface area contributed by atoms with Crippen LogP contribution in [-0.2, 0) is 16.1 Å². The fourth-order valence-electron chi connectivity index (χ4n) is 2.67. The van der Waals surface area contributed by atoms with Gasteiger partial charge >= 0.3 is 5.97 Å². The van der Waals surface area contributed by atoms with Gasteiger partial charge in [-0.05, 0) is 31.9 Å². The first-order valence-electron chi connectivity index (χ1n) is 7.39. The molecule has 0 radical (unpaired) electrons. The second kappa shape index (κ2) is 7.22. The minimum Gasteiger partial charge on any atom is -0.480 e. The number of hydrogen-bond acceptors (Lipinski definition) is 3. The topological polar surface area (TPSA) is 69.6 Å². The van der Waals surface area contributed by atoms with Gasteiger partial charge in [0.05, 0.1) is 6.04 Å². The molecule has 5 nitrogen and oxygen atoms in total. The van der Waals surface area contributed by atoms with Crippen LogP contribution in [0.15, 0.2) is 30.3 Å². The predicted molar refractivity (Wildman–Crippen MR) is 79.7 cm³/mol. The third kappa shape index (κ3) is 4.29. The Balaban J connectivity index is 2.01. The van der Waals surface area contributed by atoms with E-state index in [0.29, 0.717) is 0 Å². The average molecular weight is 290 g/mol. The predicted octanol–water partition coefficient (Wildman–Crippen LogP) is 1.63. The summed E-state index contributed by atoms with van der Waals surface area (Å²) in [5.41, 5.74) is 1.17. The average Bonchev–Trinajstić information content (AvgIpc) is 2.48. The van der Waals surface area contributed by atoms with Crippen LogP contribution in [0.5, 0.6) is 0 Å². The maximum Gasteiger partial charge on any atom is 0.325 e. The highest BCUT2D eigenvalue weighted by Gasteiger charge is 2.30. The molecule has 2 rings (SSSR count). The number of hydrogen-bond donors (Lipinski definition) is 2. The Hall–Kier alpha value is -1.88. The third-order valence-corrected chi connectivity index (χ3v) is 3.87. The van der Waals surface area contributed by atoms with E-state index in [2.05, 4.69) is 10.2 Å². The van der Waals surface area contributed by atoms with Crippen molar-refractivity contribution < 1.29 is 14.7 Å². The van der Waals surface area contributed by atoms with Gasteiger partial charge in [0.15, 0.2) is 0 Å². The number of rotatable bonds is 5. The van der Waals surface area contributed by atoms with Gasteiger partial charge in [0.25, 0.3) is 0 Å². The van der Waals surface area contributed by atoms with Crippen molar-refractivity contribution in [2.75, 3.05) is 6.54 Å². The van der Waals surface area contributed by atoms with E-state index in [-0.39, 0.29) is 11.9 Å². The van der Waals surface area contributed by atoms with E-state index in [1.807, 2.05) is 30.3 Å². The van der Waals surface area contributed by atoms with E-state index in [9.17, 15) is 9.59 Å². The van der Waals surface area contributed by atoms with Crippen LogP contribution in [0.3, 0.4) is 0 Å². The first-order valence-corrected chi connectivity index (χ1v) is 7.39. The molecule has 2 N–H and O–H groups in total. The van der Waals surface area contributed by atoms with Crippen LogP contribution < -0.4 is 5.32 Å². The molecule has 1 heterocycles. The number of benzene rings is 1. The van der Waals surface area contributed by atoms with E-state index in [1.165, 1.54) is 12.5 Å². The highest BCUT2D eigenvalue weighted by molar-refractivity contribution is 5.86. The van der Waals surface area contributed by atoms with Crippen molar-refractivity contribution in [2.24, 2.45) is 0 Å². The second-order valence-electron chi connectivity index (χ2n) is 5.54. The van der Waals surface area contributed by atoms with Gasteiger partial charge in [-0.2, -0.15) is 0 Å². The molecule has 1 saturated heterocycles. The highest BCUT2D eigenvalue weighted by Crippen LogP contribution is 2.20. The Kier molecular flexibility index (Phi) is 5.33. The van der Waals surface area contributed by atoms with Gasteiger partial charge < -0.3 is 10.4 Å². The molecule has 21 heavy (non-hydrogen) atoms. The normalized spacial score (nSPS) is 20.7. The Morgan fingerprint density at radius 2 is 2.05 bits per heavy atom. The molecule has 1 aliphatic heterocycles. The summed E-state index contributed by atoms with van der Waals surface area (Å²) in [4.78, 5) is 25.3. The number of carboxylic acids is 1. The van der Waals surface area contributed by atoms with Crippen molar-refractivity contribution in [3.05, 3.63) is 35.9 Å². The number of nitrogens with zero attached hydrogens (tertiary/aromatic N) is 1. The van der Waals surface area contributed by atoms with E-state index in [0.717, 1.165) is 32.4 Å². The van der Waals surface area contributed by atoms with Gasteiger partial charge in [-0.15, -0.1) is 0 Å². The smallest absolute Gasteiger partial charge is 0.325 e. The zero-order chi connectivity index (χ0) is 15.2. The Morgan fingerprint density at radius 1 is 1.33 bits per heavy atom. The number of aliphatic carboxylic acids is 1. The first-order chi connectivity index (χ1) is 10.1. The summed E-state index contributed by atoms with van der Waals surface area (Å²) < 4.78 is 0. The van der Waals surface area contributed by atoms with Gasteiger partial charge in [0.2, 0.25) is 5.91 Å². The Morgan fingerprint density at radius 3 is 2.71 bits per heavy atom. The van der Waals surface area contributed by atoms with E-state index in [1.54, 1.807) is 0 Å². The summed E-state index contributed by atoms with van der Waals surface area (Å²) >= 11 is 0. The summed E-state index contributed by atoms with van der Waals surface area (Å²) in [5.74, 6) is -1.19. The summed E-state index contributed by atoms with van der Waals surface area (Å²) in [5, 5.41) is 11.5. The highest BCUT2D eigenvalue weighted by atomic mass is 16.4. The monoisotopic (exact) mass is 290 g/mol. The maximum absolute atomic E-state index is 12.3. The number of nitrogens with one attached hydrogen (secondary N) is 1. The molecule has 2 atom stereocenters. The van der Waals surface area contributed by atoms with E-state index >= 15 is 0 Å². The fourth-order valence-corrected chi connectivity index (χ4v) is 2.67. The lowest BCUT2D eigenvalue weighted by Gasteiger charge is -2.35. The summed E-state index contributed by atoms with van der Waals surface area (Å²) in [6.45, 7) is 3.08. The van der Waals surface area contributed by atoms with Gasteiger partial charge in [0, 0.05) is 6.54 Å². The second-order valence-corrected chi connectivity index (χ2v) is 5.54. The molecule has 1 fully saturated rings. The molecular formula is C16H22N2O3. The number of carbonyl (C=O) groups is 2. The molecule has 0 saturated carbocycles. The van der Waals surface area contributed by atoms with Crippen LogP contribution >= 0.6 is 0 Å². The van der Waals surface area contributed by atoms with Crippen LogP contribution in [0.1, 0.15) is 31.7 Å². The molecule has 1 aromatic carbocycles. The van der Waals surface area contributed by atoms with Crippen LogP contribution in [0.2, 0.25) is 0 Å². The molecule has 114 valence electrons. The third-order valence-electron chi connectivity index (χ3n) is 3.87. The zero-order valence-corrected chi connectivity index (χ0v) is 12.3. The van der Waals surface area contributed by atoms with Crippen molar-refractivity contribution in [3.8, 4) is 0 Å². The van der Waals surface area contributed by atoms with Crippen molar-refractivity contribution in [1.82, 2.24) is 10.2 Å². The van der Waals surface area contributed by atoms with E-state index < -0.39 is 12.0 Å². The molecule has 1 amide bonds. The van der Waals surface area contributed by atoms with Crippen LogP contribution in [0, 0.1) is 0 Å². The number of carboxylic acid groups (broad SMARTS) is 1. The molecule has 5 heteroatoms. The fraction of sp³-hybridized carbons (Fsp3) is 0.500. The van der Waals surface area contributed by atoms with Crippen LogP contribution in [0.4, 0.5) is 0 Å². The first kappa shape index (κ1) is 15.5. The summed E-state index contributed by atoms with van der Waals surface area (Å²) in [6.07, 6.45) is 2.86. The molecule has 0 aromatic heterocycles. The standard InChI is InChI=1S/C16H22N2O3/c1-12(16(20)21)17-15(19)14-9-5-6-10-18(14)11-13-7-3-2-4-8-13/h2-4,7-8,12,14H,5-6,9-11H2,1H3,(H,17,19)(H,20,21)/t12-,14?/m0/s1. The van der Waals surface area contributed by atoms with Crippen molar-refractivity contribution in [2.45, 2.75) is 44.8 Å². The number of carbonyl (C=O) groups excluding carboxylic acids is 1. The molecule has 1 unspecified atom stereocenters. The maximum atomic E-state index is 12.3. The number of piperidine rings is 1. The van der Waals surface area contributed by atoms with Crippen molar-refractivity contribution in [3.63, 3.8) is 0 Å². The Labute approximate surface area is 125 Å². The zero-order valence-electron chi connectivity index (χ0n) is 12.3. The van der Waals surface area contributed by atoms with E-state index in [4.69, 9.17) is 5.11 Å². The summed E-state index contributed by atoms with van der Waals surface area (Å²) in [6, 6.07) is 8.95. The quantitative estimate of drug-likeness (QED) is 0.865. The Bertz CT molecular complexity index is 490. The van der Waals surface area contributed by atoms with Gasteiger partial charge in [-0.3, -0.25) is 14.5 Å². The molecular weight excluding hydrogens is 268 g/mol. The molecule has 0 aliphatic carbocycles. The minimum atomic E-state index is -1.01. The van der Waals surface area contributed by atoms with Crippen molar-refractivity contribution in [1.29, 1.82) is 0 Å². The molecule has 0 bridgehead atoms. The minimum absolute atomic E-state index is 0.180. The molecule has 1 aromatic rings. The number of amides is 1. The lowest BCUT2D eigenvalue weighted by molar-refractivity contribution is -0.142. The van der Waals surface area contributed by atoms with Gasteiger partial charge in [0.1, 0.15) is 6.04 Å². The van der Waals surface area contributed by atoms with Crippen LogP contribution in [-0.4, -0.2) is 40.5 Å². The molecule has 1 aliphatic rings. The summed E-state index contributed by atoms with van der Waals surface area (Å²) in [7, 11) is 0. The largest absolute Gasteiger partial charge is 0.480 e. The lowest BCUT2D eigenvalue weighted by Crippen LogP contribution is -2.52. The van der Waals surface area contributed by atoms with Gasteiger partial charge in [-0.25, -0.2) is 0 Å². The lowest BCUT2D eigenvalue weighted by atomic mass is 10.00.